The van der Waals surface area contributed by atoms with Crippen LogP contribution in [0.5, 0.6) is 0 Å². The van der Waals surface area contributed by atoms with E-state index >= 15 is 0 Å². The summed E-state index contributed by atoms with van der Waals surface area (Å²) in [6.45, 7) is 7.34. The number of rotatable bonds is 1. The van der Waals surface area contributed by atoms with Gasteiger partial charge in [-0.2, -0.15) is 0 Å². The lowest BCUT2D eigenvalue weighted by atomic mass is 10.0. The molecule has 1 aliphatic carbocycles. The van der Waals surface area contributed by atoms with E-state index in [1.54, 1.807) is 0 Å². The van der Waals surface area contributed by atoms with E-state index in [-0.39, 0.29) is 17.5 Å². The van der Waals surface area contributed by atoms with Crippen molar-refractivity contribution in [2.75, 3.05) is 13.6 Å². The fourth-order valence-electron chi connectivity index (χ4n) is 2.58. The van der Waals surface area contributed by atoms with Crippen LogP contribution in [0.2, 0.25) is 0 Å². The second-order valence-corrected chi connectivity index (χ2v) is 5.95. The molecule has 0 aromatic heterocycles. The van der Waals surface area contributed by atoms with Crippen LogP contribution in [0.3, 0.4) is 0 Å². The number of carbonyl (C=O) groups excluding carboxylic acids is 1. The van der Waals surface area contributed by atoms with Gasteiger partial charge in [-0.1, -0.05) is 0 Å². The highest BCUT2D eigenvalue weighted by Crippen LogP contribution is 2.45. The molecular weight excluding hydrogens is 188 g/mol. The Morgan fingerprint density at radius 2 is 1.93 bits per heavy atom. The molecule has 2 fully saturated rings. The summed E-state index contributed by atoms with van der Waals surface area (Å²) in [7, 11) is 1.89. The van der Waals surface area contributed by atoms with Crippen LogP contribution < -0.4 is 5.32 Å². The number of hydrogen-bond donors (Lipinski definition) is 1. The van der Waals surface area contributed by atoms with Crippen LogP contribution in [0.4, 0.5) is 0 Å². The highest BCUT2D eigenvalue weighted by molar-refractivity contribution is 5.83. The number of nitrogens with zero attached hydrogens (tertiary/aromatic N) is 1. The predicted molar refractivity (Wildman–Crippen MR) is 60.5 cm³/mol. The quantitative estimate of drug-likeness (QED) is 0.706. The first-order chi connectivity index (χ1) is 6.93. The van der Waals surface area contributed by atoms with E-state index in [2.05, 4.69) is 31.0 Å². The molecule has 3 heteroatoms. The van der Waals surface area contributed by atoms with Gasteiger partial charge in [-0.25, -0.2) is 0 Å². The number of nitrogens with one attached hydrogen (secondary N) is 1. The molecule has 2 rings (SSSR count). The molecule has 1 amide bonds. The Kier molecular flexibility index (Phi) is 2.53. The van der Waals surface area contributed by atoms with Gasteiger partial charge in [-0.05, 0) is 52.5 Å². The number of hydrogen-bond acceptors (Lipinski definition) is 2. The summed E-state index contributed by atoms with van der Waals surface area (Å²) < 4.78 is 0. The Labute approximate surface area is 92.2 Å². The predicted octanol–water partition coefficient (Wildman–Crippen LogP) is 1.24. The number of likely N-dealkylation sites (N-methyl/N-ethyl adjacent to an activating group) is 1. The van der Waals surface area contributed by atoms with Gasteiger partial charge in [0.05, 0.1) is 6.04 Å². The van der Waals surface area contributed by atoms with Gasteiger partial charge in [-0.3, -0.25) is 4.79 Å². The van der Waals surface area contributed by atoms with Crippen LogP contribution in [0, 0.1) is 11.8 Å². The number of amides is 1. The van der Waals surface area contributed by atoms with Crippen molar-refractivity contribution in [3.63, 3.8) is 0 Å². The molecule has 3 unspecified atom stereocenters. The molecule has 0 spiro atoms. The van der Waals surface area contributed by atoms with Gasteiger partial charge < -0.3 is 10.2 Å². The molecule has 3 atom stereocenters. The van der Waals surface area contributed by atoms with Gasteiger partial charge in [-0.15, -0.1) is 0 Å². The van der Waals surface area contributed by atoms with Crippen molar-refractivity contribution in [3.8, 4) is 0 Å². The third kappa shape index (κ3) is 2.03. The van der Waals surface area contributed by atoms with Crippen LogP contribution in [-0.4, -0.2) is 36.0 Å². The standard InChI is InChI=1S/C12H22N2O/c1-12(2,3)14-7-9-5-8(9)6-10(13-4)11(14)15/h8-10,13H,5-7H2,1-4H3. The Hall–Kier alpha value is -0.570. The molecule has 1 saturated carbocycles. The zero-order valence-corrected chi connectivity index (χ0v) is 10.2. The third-order valence-electron chi connectivity index (χ3n) is 3.75. The number of fused-ring (bicyclic) bond motifs is 1. The van der Waals surface area contributed by atoms with E-state index in [0.29, 0.717) is 0 Å². The van der Waals surface area contributed by atoms with Crippen molar-refractivity contribution in [1.82, 2.24) is 10.2 Å². The van der Waals surface area contributed by atoms with Gasteiger partial charge in [0.25, 0.3) is 0 Å². The summed E-state index contributed by atoms with van der Waals surface area (Å²) in [5.41, 5.74) is -0.0380. The van der Waals surface area contributed by atoms with E-state index in [1.165, 1.54) is 6.42 Å². The van der Waals surface area contributed by atoms with Crippen molar-refractivity contribution in [2.24, 2.45) is 11.8 Å². The summed E-state index contributed by atoms with van der Waals surface area (Å²) in [6.07, 6.45) is 2.35. The van der Waals surface area contributed by atoms with Crippen molar-refractivity contribution in [2.45, 2.75) is 45.2 Å². The number of likely N-dealkylation sites (tertiary alicyclic amines) is 1. The highest BCUT2D eigenvalue weighted by Gasteiger charge is 2.47. The molecule has 0 aromatic rings. The lowest BCUT2D eigenvalue weighted by Crippen LogP contribution is -2.52. The topological polar surface area (TPSA) is 32.3 Å². The maximum absolute atomic E-state index is 12.3. The first-order valence-electron chi connectivity index (χ1n) is 5.92. The Morgan fingerprint density at radius 1 is 1.27 bits per heavy atom. The maximum Gasteiger partial charge on any atom is 0.240 e. The average molecular weight is 210 g/mol. The second-order valence-electron chi connectivity index (χ2n) is 5.95. The van der Waals surface area contributed by atoms with E-state index in [4.69, 9.17) is 0 Å². The molecule has 15 heavy (non-hydrogen) atoms. The lowest BCUT2D eigenvalue weighted by Gasteiger charge is -2.37. The smallest absolute Gasteiger partial charge is 0.240 e. The van der Waals surface area contributed by atoms with Crippen LogP contribution >= 0.6 is 0 Å². The van der Waals surface area contributed by atoms with E-state index in [1.807, 2.05) is 7.05 Å². The van der Waals surface area contributed by atoms with Crippen LogP contribution in [-0.2, 0) is 4.79 Å². The SMILES string of the molecule is CNC1CC2CC2CN(C(C)(C)C)C1=O. The molecule has 3 nitrogen and oxygen atoms in total. The second kappa shape index (κ2) is 3.48. The highest BCUT2D eigenvalue weighted by atomic mass is 16.2. The van der Waals surface area contributed by atoms with Gasteiger partial charge in [0, 0.05) is 12.1 Å². The largest absolute Gasteiger partial charge is 0.336 e. The van der Waals surface area contributed by atoms with E-state index < -0.39 is 0 Å². The molecule has 0 radical (unpaired) electrons. The fraction of sp³-hybridized carbons (Fsp3) is 0.917. The molecule has 1 heterocycles. The van der Waals surface area contributed by atoms with E-state index in [9.17, 15) is 4.79 Å². The first kappa shape index (κ1) is 10.9. The monoisotopic (exact) mass is 210 g/mol. The summed E-state index contributed by atoms with van der Waals surface area (Å²) in [5, 5.41) is 3.16. The van der Waals surface area contributed by atoms with Crippen molar-refractivity contribution in [1.29, 1.82) is 0 Å². The Balaban J connectivity index is 2.18. The molecule has 2 aliphatic rings. The first-order valence-corrected chi connectivity index (χ1v) is 5.92. The molecule has 0 bridgehead atoms. The van der Waals surface area contributed by atoms with Gasteiger partial charge in [0.15, 0.2) is 0 Å². The van der Waals surface area contributed by atoms with E-state index in [0.717, 1.165) is 24.8 Å². The van der Waals surface area contributed by atoms with Crippen molar-refractivity contribution < 1.29 is 4.79 Å². The van der Waals surface area contributed by atoms with Crippen LogP contribution in [0.1, 0.15) is 33.6 Å². The van der Waals surface area contributed by atoms with Gasteiger partial charge >= 0.3 is 0 Å². The summed E-state index contributed by atoms with van der Waals surface area (Å²) >= 11 is 0. The maximum atomic E-state index is 12.3. The summed E-state index contributed by atoms with van der Waals surface area (Å²) in [4.78, 5) is 14.3. The molecular formula is C12H22N2O. The molecule has 86 valence electrons. The molecule has 1 N–H and O–H groups in total. The zero-order chi connectivity index (χ0) is 11.2. The fourth-order valence-corrected chi connectivity index (χ4v) is 2.58. The Morgan fingerprint density at radius 3 is 2.47 bits per heavy atom. The normalized spacial score (nSPS) is 36.1. The van der Waals surface area contributed by atoms with Crippen molar-refractivity contribution in [3.05, 3.63) is 0 Å². The third-order valence-corrected chi connectivity index (χ3v) is 3.75. The minimum absolute atomic E-state index is 0.0380. The minimum Gasteiger partial charge on any atom is -0.336 e. The van der Waals surface area contributed by atoms with Crippen molar-refractivity contribution >= 4 is 5.91 Å². The summed E-state index contributed by atoms with van der Waals surface area (Å²) in [5.74, 6) is 1.85. The minimum atomic E-state index is -0.0380. The lowest BCUT2D eigenvalue weighted by molar-refractivity contribution is -0.137. The van der Waals surface area contributed by atoms with Crippen LogP contribution in [0.15, 0.2) is 0 Å². The molecule has 1 aliphatic heterocycles. The zero-order valence-electron chi connectivity index (χ0n) is 10.2. The average Bonchev–Trinajstić information content (AvgIpc) is 2.85. The summed E-state index contributed by atoms with van der Waals surface area (Å²) in [6, 6.07) is 0.0433. The van der Waals surface area contributed by atoms with Gasteiger partial charge in [0.2, 0.25) is 5.91 Å². The molecule has 1 saturated heterocycles. The van der Waals surface area contributed by atoms with Crippen LogP contribution in [0.25, 0.3) is 0 Å². The van der Waals surface area contributed by atoms with Gasteiger partial charge in [0.1, 0.15) is 0 Å². The number of carbonyl (C=O) groups is 1. The Bertz CT molecular complexity index is 269. The molecule has 0 aromatic carbocycles.